The Balaban J connectivity index is 1.30. The van der Waals surface area contributed by atoms with E-state index in [0.29, 0.717) is 0 Å². The van der Waals surface area contributed by atoms with Gasteiger partial charge in [-0.1, -0.05) is 80.6 Å². The highest BCUT2D eigenvalue weighted by Crippen LogP contribution is 2.41. The van der Waals surface area contributed by atoms with Crippen molar-refractivity contribution in [2.45, 2.75) is 58.2 Å². The van der Waals surface area contributed by atoms with Gasteiger partial charge >= 0.3 is 7.12 Å². The van der Waals surface area contributed by atoms with E-state index in [0.717, 1.165) is 38.6 Å². The van der Waals surface area contributed by atoms with Gasteiger partial charge < -0.3 is 18.3 Å². The molecule has 7 aromatic rings. The van der Waals surface area contributed by atoms with Gasteiger partial charge in [0.05, 0.1) is 22.2 Å². The van der Waals surface area contributed by atoms with E-state index in [9.17, 15) is 0 Å². The number of para-hydroxylation sites is 2. The molecule has 0 radical (unpaired) electrons. The van der Waals surface area contributed by atoms with E-state index in [1.165, 1.54) is 27.4 Å². The van der Waals surface area contributed by atoms with Gasteiger partial charge in [0.2, 0.25) is 0 Å². The van der Waals surface area contributed by atoms with Crippen LogP contribution in [0.4, 0.5) is 0 Å². The fourth-order valence-corrected chi connectivity index (χ4v) is 6.70. The zero-order chi connectivity index (χ0) is 30.4. The maximum Gasteiger partial charge on any atom is 0.494 e. The summed E-state index contributed by atoms with van der Waals surface area (Å²) in [5, 5.41) is 4.72. The van der Waals surface area contributed by atoms with Crippen molar-refractivity contribution < 1.29 is 13.7 Å². The summed E-state index contributed by atoms with van der Waals surface area (Å²) in [5.41, 5.74) is 7.74. The fraction of sp³-hybridized carbons (Fsp3) is 0.231. The molecule has 218 valence electrons. The predicted octanol–water partition coefficient (Wildman–Crippen LogP) is 9.31. The van der Waals surface area contributed by atoms with Crippen LogP contribution in [0.5, 0.6) is 0 Å². The largest absolute Gasteiger partial charge is 0.494 e. The number of nitrogens with zero attached hydrogens (tertiary/aromatic N) is 1. The molecule has 0 amide bonds. The van der Waals surface area contributed by atoms with Gasteiger partial charge in [-0.2, -0.15) is 0 Å². The van der Waals surface area contributed by atoms with E-state index >= 15 is 0 Å². The third kappa shape index (κ3) is 3.99. The van der Waals surface area contributed by atoms with E-state index < -0.39 is 7.12 Å². The molecule has 0 unspecified atom stereocenters. The number of aromatic nitrogens is 1. The van der Waals surface area contributed by atoms with Crippen LogP contribution in [0.2, 0.25) is 0 Å². The van der Waals surface area contributed by atoms with Gasteiger partial charge in [-0.15, -0.1) is 0 Å². The zero-order valence-electron chi connectivity index (χ0n) is 26.1. The zero-order valence-corrected chi connectivity index (χ0v) is 26.1. The highest BCUT2D eigenvalue weighted by atomic mass is 16.7. The molecular formula is C39H36BNO3. The first-order valence-electron chi connectivity index (χ1n) is 15.4. The Kier molecular flexibility index (Phi) is 5.79. The molecule has 1 aliphatic rings. The number of fused-ring (bicyclic) bond motifs is 6. The van der Waals surface area contributed by atoms with Gasteiger partial charge in [0, 0.05) is 38.7 Å². The summed E-state index contributed by atoms with van der Waals surface area (Å²) in [6.07, 6.45) is 0. The van der Waals surface area contributed by atoms with Gasteiger partial charge in [-0.25, -0.2) is 0 Å². The maximum absolute atomic E-state index is 6.40. The van der Waals surface area contributed by atoms with Crippen LogP contribution in [0.3, 0.4) is 0 Å². The molecule has 3 heterocycles. The second kappa shape index (κ2) is 9.34. The molecule has 1 saturated heterocycles. The topological polar surface area (TPSA) is 36.5 Å². The van der Waals surface area contributed by atoms with Crippen molar-refractivity contribution in [2.75, 3.05) is 0 Å². The number of hydrogen-bond acceptors (Lipinski definition) is 3. The maximum atomic E-state index is 6.40. The molecule has 2 aromatic heterocycles. The smallest absolute Gasteiger partial charge is 0.456 e. The Bertz CT molecular complexity index is 2210. The molecular weight excluding hydrogens is 541 g/mol. The first-order chi connectivity index (χ1) is 21.0. The minimum Gasteiger partial charge on any atom is -0.456 e. The normalized spacial score (nSPS) is 16.5. The quantitative estimate of drug-likeness (QED) is 0.196. The third-order valence-electron chi connectivity index (χ3n) is 10.1. The van der Waals surface area contributed by atoms with Gasteiger partial charge in [-0.3, -0.25) is 0 Å². The van der Waals surface area contributed by atoms with Gasteiger partial charge in [0.25, 0.3) is 0 Å². The standard InChI is InChI=1S/C39H36BNO3/c1-37(2,25-13-12-14-27(21-25)40-43-38(3,4)39(5,6)44-40)26-19-20-33-30(22-26)31-23-32-29-17-10-11-18-35(29)42-36(32)24-34(31)41(33)28-15-8-7-9-16-28/h7-24H,1-6H3. The number of furan rings is 1. The van der Waals surface area contributed by atoms with Crippen molar-refractivity contribution in [3.8, 4) is 5.69 Å². The minimum atomic E-state index is -0.394. The highest BCUT2D eigenvalue weighted by molar-refractivity contribution is 6.62. The Morgan fingerprint density at radius 2 is 1.25 bits per heavy atom. The summed E-state index contributed by atoms with van der Waals surface area (Å²) in [7, 11) is -0.394. The molecule has 0 spiro atoms. The molecule has 0 atom stereocenters. The Labute approximate surface area is 258 Å². The second-order valence-electron chi connectivity index (χ2n) is 13.7. The molecule has 8 rings (SSSR count). The summed E-state index contributed by atoms with van der Waals surface area (Å²) in [4.78, 5) is 0. The lowest BCUT2D eigenvalue weighted by Crippen LogP contribution is -2.41. The lowest BCUT2D eigenvalue weighted by molar-refractivity contribution is 0.00578. The van der Waals surface area contributed by atoms with E-state index in [-0.39, 0.29) is 16.6 Å². The molecule has 4 nitrogen and oxygen atoms in total. The van der Waals surface area contributed by atoms with Crippen molar-refractivity contribution in [1.29, 1.82) is 0 Å². The summed E-state index contributed by atoms with van der Waals surface area (Å²) in [6.45, 7) is 13.0. The van der Waals surface area contributed by atoms with Crippen LogP contribution in [0.25, 0.3) is 49.4 Å². The van der Waals surface area contributed by atoms with Crippen molar-refractivity contribution in [3.05, 3.63) is 120 Å². The summed E-state index contributed by atoms with van der Waals surface area (Å²) in [6, 6.07) is 39.0. The average molecular weight is 578 g/mol. The molecule has 5 heteroatoms. The van der Waals surface area contributed by atoms with Gasteiger partial charge in [0.15, 0.2) is 0 Å². The van der Waals surface area contributed by atoms with Crippen molar-refractivity contribution in [1.82, 2.24) is 4.57 Å². The molecule has 1 aliphatic heterocycles. The monoisotopic (exact) mass is 577 g/mol. The van der Waals surface area contributed by atoms with Crippen molar-refractivity contribution in [2.24, 2.45) is 0 Å². The van der Waals surface area contributed by atoms with Gasteiger partial charge in [0.1, 0.15) is 11.2 Å². The number of rotatable bonds is 4. The summed E-state index contributed by atoms with van der Waals surface area (Å²) < 4.78 is 21.5. The van der Waals surface area contributed by atoms with Crippen molar-refractivity contribution in [3.63, 3.8) is 0 Å². The van der Waals surface area contributed by atoms with Crippen LogP contribution in [0, 0.1) is 0 Å². The van der Waals surface area contributed by atoms with Crippen LogP contribution in [-0.2, 0) is 14.7 Å². The number of hydrogen-bond donors (Lipinski definition) is 0. The molecule has 0 N–H and O–H groups in total. The SMILES string of the molecule is CC(C)(c1cccc(B2OC(C)(C)C(C)(C)O2)c1)c1ccc2c(c1)c1cc3c(cc1n2-c1ccccc1)oc1ccccc13. The van der Waals surface area contributed by atoms with E-state index in [1.807, 2.05) is 12.1 Å². The molecule has 0 saturated carbocycles. The van der Waals surface area contributed by atoms with Crippen LogP contribution in [-0.4, -0.2) is 22.9 Å². The first kappa shape index (κ1) is 27.2. The lowest BCUT2D eigenvalue weighted by Gasteiger charge is -2.32. The summed E-state index contributed by atoms with van der Waals surface area (Å²) in [5.74, 6) is 0. The predicted molar refractivity (Wildman–Crippen MR) is 182 cm³/mol. The van der Waals surface area contributed by atoms with E-state index in [4.69, 9.17) is 13.7 Å². The van der Waals surface area contributed by atoms with Crippen LogP contribution in [0.1, 0.15) is 52.7 Å². The van der Waals surface area contributed by atoms with E-state index in [2.05, 4.69) is 143 Å². The summed E-state index contributed by atoms with van der Waals surface area (Å²) >= 11 is 0. The average Bonchev–Trinajstić information content (AvgIpc) is 3.61. The molecule has 5 aromatic carbocycles. The molecule has 1 fully saturated rings. The lowest BCUT2D eigenvalue weighted by atomic mass is 9.72. The third-order valence-corrected chi connectivity index (χ3v) is 10.1. The Hall–Kier alpha value is -4.32. The fourth-order valence-electron chi connectivity index (χ4n) is 6.70. The highest BCUT2D eigenvalue weighted by Gasteiger charge is 2.51. The molecule has 44 heavy (non-hydrogen) atoms. The Morgan fingerprint density at radius 3 is 2.02 bits per heavy atom. The molecule has 0 aliphatic carbocycles. The second-order valence-corrected chi connectivity index (χ2v) is 13.7. The molecule has 0 bridgehead atoms. The van der Waals surface area contributed by atoms with Crippen molar-refractivity contribution >= 4 is 56.3 Å². The minimum absolute atomic E-state index is 0.262. The first-order valence-corrected chi connectivity index (χ1v) is 15.4. The van der Waals surface area contributed by atoms with Crippen LogP contribution < -0.4 is 5.46 Å². The van der Waals surface area contributed by atoms with Crippen LogP contribution in [0.15, 0.2) is 114 Å². The Morgan fingerprint density at radius 1 is 0.568 bits per heavy atom. The number of benzene rings is 5. The van der Waals surface area contributed by atoms with Gasteiger partial charge in [-0.05, 0) is 80.7 Å². The van der Waals surface area contributed by atoms with E-state index in [1.54, 1.807) is 0 Å². The van der Waals surface area contributed by atoms with Crippen LogP contribution >= 0.6 is 0 Å².